The zero-order valence-electron chi connectivity index (χ0n) is 21.2. The molecule has 1 atom stereocenters. The number of H-pyrrole nitrogens is 1. The van der Waals surface area contributed by atoms with Crippen molar-refractivity contribution in [3.8, 4) is 22.9 Å². The number of carbonyl (C=O) groups excluding carboxylic acids is 1. The van der Waals surface area contributed by atoms with Gasteiger partial charge in [0.1, 0.15) is 11.6 Å². The van der Waals surface area contributed by atoms with Crippen LogP contribution in [0.15, 0.2) is 71.2 Å². The van der Waals surface area contributed by atoms with Crippen LogP contribution in [0.25, 0.3) is 11.1 Å². The predicted octanol–water partition coefficient (Wildman–Crippen LogP) is 5.99. The topological polar surface area (TPSA) is 108 Å². The average Bonchev–Trinajstić information content (AvgIpc) is 3.24. The number of allylic oxidation sites excluding steroid dienone is 3. The summed E-state index contributed by atoms with van der Waals surface area (Å²) in [6, 6.07) is 17.2. The minimum Gasteiger partial charge on any atom is -0.497 e. The Labute approximate surface area is 221 Å². The van der Waals surface area contributed by atoms with Crippen LogP contribution in [-0.2, 0) is 4.79 Å². The van der Waals surface area contributed by atoms with E-state index >= 15 is 0 Å². The number of methoxy groups -OCH3 is 1. The number of nitriles is 1. The molecule has 0 saturated heterocycles. The number of aromatic nitrogens is 2. The lowest BCUT2D eigenvalue weighted by Gasteiger charge is -2.43. The predicted molar refractivity (Wildman–Crippen MR) is 144 cm³/mol. The van der Waals surface area contributed by atoms with E-state index in [9.17, 15) is 10.1 Å². The maximum absolute atomic E-state index is 13.8. The average molecular weight is 514 g/mol. The van der Waals surface area contributed by atoms with Crippen molar-refractivity contribution in [2.45, 2.75) is 39.5 Å². The Kier molecular flexibility index (Phi) is 6.09. The molecule has 0 fully saturated rings. The zero-order chi connectivity index (χ0) is 26.5. The Bertz CT molecular complexity index is 1490. The number of ether oxygens (including phenoxy) is 1. The van der Waals surface area contributed by atoms with Crippen LogP contribution in [0, 0.1) is 23.7 Å². The fourth-order valence-electron chi connectivity index (χ4n) is 5.42. The van der Waals surface area contributed by atoms with E-state index in [2.05, 4.69) is 30.1 Å². The molecule has 3 aromatic rings. The Morgan fingerprint density at radius 3 is 2.46 bits per heavy atom. The van der Waals surface area contributed by atoms with E-state index in [1.807, 2.05) is 55.5 Å². The molecule has 0 amide bonds. The Hall–Kier alpha value is -4.02. The number of nitrogens with two attached hydrogens (primary N) is 1. The van der Waals surface area contributed by atoms with E-state index in [4.69, 9.17) is 22.1 Å². The second-order valence-corrected chi connectivity index (χ2v) is 10.7. The quantitative estimate of drug-likeness (QED) is 0.443. The highest BCUT2D eigenvalue weighted by atomic mass is 35.5. The van der Waals surface area contributed by atoms with E-state index in [-0.39, 0.29) is 17.0 Å². The van der Waals surface area contributed by atoms with Crippen molar-refractivity contribution in [3.63, 3.8) is 0 Å². The fraction of sp³-hybridized carbons (Fsp3) is 0.276. The number of halogens is 1. The van der Waals surface area contributed by atoms with Crippen LogP contribution < -0.4 is 15.4 Å². The molecule has 2 heterocycles. The first-order valence-electron chi connectivity index (χ1n) is 12.1. The third-order valence-electron chi connectivity index (χ3n) is 7.10. The largest absolute Gasteiger partial charge is 0.497 e. The number of anilines is 1. The summed E-state index contributed by atoms with van der Waals surface area (Å²) in [5, 5.41) is 18.7. The fourth-order valence-corrected chi connectivity index (χ4v) is 5.55. The number of aromatic amines is 1. The lowest BCUT2D eigenvalue weighted by Crippen LogP contribution is -2.42. The van der Waals surface area contributed by atoms with Crippen molar-refractivity contribution in [2.24, 2.45) is 11.1 Å². The maximum Gasteiger partial charge on any atom is 0.168 e. The van der Waals surface area contributed by atoms with Crippen molar-refractivity contribution in [1.82, 2.24) is 10.2 Å². The smallest absolute Gasteiger partial charge is 0.168 e. The summed E-state index contributed by atoms with van der Waals surface area (Å²) in [7, 11) is 1.60. The summed E-state index contributed by atoms with van der Waals surface area (Å²) < 4.78 is 5.32. The summed E-state index contributed by atoms with van der Waals surface area (Å²) in [4.78, 5) is 15.6. The third kappa shape index (κ3) is 4.17. The summed E-state index contributed by atoms with van der Waals surface area (Å²) in [5.74, 6) is 0.967. The molecular formula is C29H28ClN5O2. The second-order valence-electron chi connectivity index (χ2n) is 10.3. The monoisotopic (exact) mass is 513 g/mol. The standard InChI is InChI=1S/C29H28ClN5O2/c1-16-24(17-5-9-19(30)10-6-17)28(34-33-16)35-22-13-29(2,3)14-23(36)26(22)25(21(15-31)27(35)32)18-7-11-20(37-4)12-8-18/h5-12,25H,13-14,32H2,1-4H3,(H,33,34)/t25-/m0/s1. The second kappa shape index (κ2) is 9.13. The molecule has 0 radical (unpaired) electrons. The lowest BCUT2D eigenvalue weighted by atomic mass is 9.68. The molecule has 2 aliphatic rings. The van der Waals surface area contributed by atoms with Gasteiger partial charge in [0, 0.05) is 34.0 Å². The highest BCUT2D eigenvalue weighted by Gasteiger charge is 2.45. The van der Waals surface area contributed by atoms with Crippen molar-refractivity contribution < 1.29 is 9.53 Å². The molecule has 0 bridgehead atoms. The Morgan fingerprint density at radius 1 is 1.16 bits per heavy atom. The summed E-state index contributed by atoms with van der Waals surface area (Å²) in [6.07, 6.45) is 0.987. The molecular weight excluding hydrogens is 486 g/mol. The van der Waals surface area contributed by atoms with Gasteiger partial charge in [0.25, 0.3) is 0 Å². The van der Waals surface area contributed by atoms with Crippen LogP contribution in [0.5, 0.6) is 5.75 Å². The van der Waals surface area contributed by atoms with Gasteiger partial charge in [-0.05, 0) is 54.2 Å². The summed E-state index contributed by atoms with van der Waals surface area (Å²) >= 11 is 6.14. The Balaban J connectivity index is 1.76. The van der Waals surface area contributed by atoms with Crippen LogP contribution in [0.3, 0.4) is 0 Å². The molecule has 1 aliphatic carbocycles. The summed E-state index contributed by atoms with van der Waals surface area (Å²) in [5.41, 5.74) is 11.6. The number of hydrogen-bond donors (Lipinski definition) is 2. The highest BCUT2D eigenvalue weighted by Crippen LogP contribution is 2.51. The maximum atomic E-state index is 13.8. The van der Waals surface area contributed by atoms with Crippen LogP contribution in [0.4, 0.5) is 5.82 Å². The molecule has 8 heteroatoms. The number of rotatable bonds is 4. The number of aryl methyl sites for hydroxylation is 1. The molecule has 5 rings (SSSR count). The number of nitrogens with one attached hydrogen (secondary N) is 1. The molecule has 7 nitrogen and oxygen atoms in total. The van der Waals surface area contributed by atoms with Gasteiger partial charge in [0.15, 0.2) is 11.6 Å². The van der Waals surface area contributed by atoms with Crippen molar-refractivity contribution in [3.05, 3.63) is 87.5 Å². The van der Waals surface area contributed by atoms with E-state index in [0.717, 1.165) is 28.1 Å². The molecule has 188 valence electrons. The van der Waals surface area contributed by atoms with Gasteiger partial charge in [-0.3, -0.25) is 14.8 Å². The van der Waals surface area contributed by atoms with E-state index in [1.165, 1.54) is 0 Å². The van der Waals surface area contributed by atoms with Gasteiger partial charge >= 0.3 is 0 Å². The van der Waals surface area contributed by atoms with Gasteiger partial charge in [0.05, 0.1) is 24.7 Å². The summed E-state index contributed by atoms with van der Waals surface area (Å²) in [6.45, 7) is 6.08. The van der Waals surface area contributed by atoms with E-state index in [1.54, 1.807) is 12.0 Å². The molecule has 0 unspecified atom stereocenters. The van der Waals surface area contributed by atoms with Crippen molar-refractivity contribution in [2.75, 3.05) is 12.0 Å². The molecule has 0 spiro atoms. The number of benzene rings is 2. The van der Waals surface area contributed by atoms with Gasteiger partial charge in [-0.1, -0.05) is 49.7 Å². The number of hydrogen-bond acceptors (Lipinski definition) is 6. The van der Waals surface area contributed by atoms with E-state index in [0.29, 0.717) is 40.6 Å². The lowest BCUT2D eigenvalue weighted by molar-refractivity contribution is -0.118. The van der Waals surface area contributed by atoms with Crippen molar-refractivity contribution >= 4 is 23.2 Å². The van der Waals surface area contributed by atoms with Crippen LogP contribution in [-0.4, -0.2) is 23.1 Å². The molecule has 1 aliphatic heterocycles. The van der Waals surface area contributed by atoms with Gasteiger partial charge in [-0.2, -0.15) is 10.4 Å². The molecule has 3 N–H and O–H groups in total. The van der Waals surface area contributed by atoms with Crippen LogP contribution in [0.2, 0.25) is 5.02 Å². The number of Topliss-reactive ketones (excluding diaryl/α,β-unsaturated/α-hetero) is 1. The highest BCUT2D eigenvalue weighted by molar-refractivity contribution is 6.30. The minimum absolute atomic E-state index is 0.0117. The number of ketones is 1. The number of carbonyl (C=O) groups is 1. The van der Waals surface area contributed by atoms with E-state index < -0.39 is 5.92 Å². The minimum atomic E-state index is -0.565. The van der Waals surface area contributed by atoms with Gasteiger partial charge in [0.2, 0.25) is 0 Å². The molecule has 0 saturated carbocycles. The normalized spacial score (nSPS) is 19.1. The number of nitrogens with zero attached hydrogens (tertiary/aromatic N) is 3. The van der Waals surface area contributed by atoms with Gasteiger partial charge in [-0.15, -0.1) is 0 Å². The van der Waals surface area contributed by atoms with Crippen LogP contribution in [0.1, 0.15) is 43.9 Å². The Morgan fingerprint density at radius 2 is 1.84 bits per heavy atom. The molecule has 37 heavy (non-hydrogen) atoms. The zero-order valence-corrected chi connectivity index (χ0v) is 22.0. The first kappa shape index (κ1) is 24.7. The first-order chi connectivity index (χ1) is 17.6. The van der Waals surface area contributed by atoms with Gasteiger partial charge < -0.3 is 10.5 Å². The molecule has 1 aromatic heterocycles. The first-order valence-corrected chi connectivity index (χ1v) is 12.4. The SMILES string of the molecule is COc1ccc([C@H]2C(C#N)=C(N)N(c3n[nH]c(C)c3-c3ccc(Cl)cc3)C3=C2C(=O)CC(C)(C)C3)cc1. The van der Waals surface area contributed by atoms with Crippen molar-refractivity contribution in [1.29, 1.82) is 5.26 Å². The molecule has 2 aromatic carbocycles. The third-order valence-corrected chi connectivity index (χ3v) is 7.35. The van der Waals surface area contributed by atoms with Gasteiger partial charge in [-0.25, -0.2) is 0 Å². The van der Waals surface area contributed by atoms with Crippen LogP contribution >= 0.6 is 11.6 Å².